The lowest BCUT2D eigenvalue weighted by molar-refractivity contribution is -0.135. The van der Waals surface area contributed by atoms with Crippen LogP contribution in [0.3, 0.4) is 0 Å². The molecule has 1 N–H and O–H groups in total. The van der Waals surface area contributed by atoms with Crippen LogP contribution in [0.1, 0.15) is 12.0 Å². The highest BCUT2D eigenvalue weighted by atomic mass is 79.9. The standard InChI is InChI=1S/C13H15BrN2O2/c1-16(8-9-3-2-4-11(14)5-9)13(18)10-6-12(17)15-7-10/h2-5,10H,6-8H2,1H3,(H,15,17). The molecular formula is C13H15BrN2O2. The summed E-state index contributed by atoms with van der Waals surface area (Å²) < 4.78 is 0.999. The SMILES string of the molecule is CN(Cc1cccc(Br)c1)C(=O)C1CNC(=O)C1. The van der Waals surface area contributed by atoms with Crippen molar-refractivity contribution >= 4 is 27.7 Å². The van der Waals surface area contributed by atoms with Crippen molar-refractivity contribution in [1.82, 2.24) is 10.2 Å². The summed E-state index contributed by atoms with van der Waals surface area (Å²) in [7, 11) is 1.77. The van der Waals surface area contributed by atoms with Crippen LogP contribution in [0.2, 0.25) is 0 Å². The number of nitrogens with zero attached hydrogens (tertiary/aromatic N) is 1. The van der Waals surface area contributed by atoms with Gasteiger partial charge in [-0.15, -0.1) is 0 Å². The maximum Gasteiger partial charge on any atom is 0.228 e. The van der Waals surface area contributed by atoms with Gasteiger partial charge in [-0.3, -0.25) is 9.59 Å². The average Bonchev–Trinajstić information content (AvgIpc) is 2.75. The second-order valence-corrected chi connectivity index (χ2v) is 5.45. The second kappa shape index (κ2) is 5.52. The number of rotatable bonds is 3. The molecule has 1 saturated heterocycles. The molecule has 1 heterocycles. The van der Waals surface area contributed by atoms with Crippen LogP contribution in [0.15, 0.2) is 28.7 Å². The van der Waals surface area contributed by atoms with Crippen molar-refractivity contribution in [3.8, 4) is 0 Å². The lowest BCUT2D eigenvalue weighted by Gasteiger charge is -2.20. The fourth-order valence-electron chi connectivity index (χ4n) is 2.08. The van der Waals surface area contributed by atoms with Gasteiger partial charge in [-0.1, -0.05) is 28.1 Å². The fraction of sp³-hybridized carbons (Fsp3) is 0.385. The molecule has 0 bridgehead atoms. The Balaban J connectivity index is 1.97. The Morgan fingerprint density at radius 2 is 2.33 bits per heavy atom. The summed E-state index contributed by atoms with van der Waals surface area (Å²) in [5.41, 5.74) is 1.07. The molecule has 2 amide bonds. The minimum Gasteiger partial charge on any atom is -0.355 e. The third-order valence-corrected chi connectivity index (χ3v) is 3.50. The molecule has 1 aliphatic rings. The quantitative estimate of drug-likeness (QED) is 0.921. The van der Waals surface area contributed by atoms with Gasteiger partial charge in [0.1, 0.15) is 0 Å². The van der Waals surface area contributed by atoms with Gasteiger partial charge in [-0.05, 0) is 17.7 Å². The van der Waals surface area contributed by atoms with Crippen molar-refractivity contribution in [2.45, 2.75) is 13.0 Å². The molecule has 96 valence electrons. The number of carbonyl (C=O) groups is 2. The van der Waals surface area contributed by atoms with Crippen molar-refractivity contribution in [3.05, 3.63) is 34.3 Å². The third-order valence-electron chi connectivity index (χ3n) is 3.01. The summed E-state index contributed by atoms with van der Waals surface area (Å²) in [6.45, 7) is 1.02. The monoisotopic (exact) mass is 310 g/mol. The number of benzene rings is 1. The number of hydrogen-bond donors (Lipinski definition) is 1. The number of carbonyl (C=O) groups excluding carboxylic acids is 2. The zero-order valence-corrected chi connectivity index (χ0v) is 11.7. The van der Waals surface area contributed by atoms with Gasteiger partial charge in [0, 0.05) is 31.0 Å². The van der Waals surface area contributed by atoms with Crippen molar-refractivity contribution in [3.63, 3.8) is 0 Å². The number of hydrogen-bond acceptors (Lipinski definition) is 2. The minimum atomic E-state index is -0.213. The van der Waals surface area contributed by atoms with Gasteiger partial charge in [0.15, 0.2) is 0 Å². The zero-order valence-electron chi connectivity index (χ0n) is 10.1. The molecule has 0 aromatic heterocycles. The molecular weight excluding hydrogens is 296 g/mol. The molecule has 0 radical (unpaired) electrons. The van der Waals surface area contributed by atoms with E-state index in [1.165, 1.54) is 0 Å². The first-order chi connectivity index (χ1) is 8.56. The normalized spacial score (nSPS) is 18.6. The first-order valence-corrected chi connectivity index (χ1v) is 6.61. The molecule has 4 nitrogen and oxygen atoms in total. The van der Waals surface area contributed by atoms with E-state index in [1.54, 1.807) is 11.9 Å². The molecule has 1 aliphatic heterocycles. The average molecular weight is 311 g/mol. The Kier molecular flexibility index (Phi) is 4.01. The van der Waals surface area contributed by atoms with E-state index in [0.717, 1.165) is 10.0 Å². The summed E-state index contributed by atoms with van der Waals surface area (Å²) in [5.74, 6) is -0.229. The van der Waals surface area contributed by atoms with E-state index in [2.05, 4.69) is 21.2 Å². The van der Waals surface area contributed by atoms with Crippen LogP contribution in [-0.2, 0) is 16.1 Å². The van der Waals surface area contributed by atoms with E-state index < -0.39 is 0 Å². The van der Waals surface area contributed by atoms with Crippen molar-refractivity contribution in [2.75, 3.05) is 13.6 Å². The minimum absolute atomic E-state index is 0.0216. The van der Waals surface area contributed by atoms with E-state index in [4.69, 9.17) is 0 Å². The molecule has 0 spiro atoms. The molecule has 5 heteroatoms. The molecule has 0 aliphatic carbocycles. The van der Waals surface area contributed by atoms with E-state index in [0.29, 0.717) is 19.5 Å². The smallest absolute Gasteiger partial charge is 0.228 e. The Morgan fingerprint density at radius 3 is 2.94 bits per heavy atom. The van der Waals surface area contributed by atoms with Gasteiger partial charge < -0.3 is 10.2 Å². The number of amides is 2. The Labute approximate surface area is 114 Å². The fourth-order valence-corrected chi connectivity index (χ4v) is 2.53. The van der Waals surface area contributed by atoms with Gasteiger partial charge in [0.05, 0.1) is 5.92 Å². The molecule has 1 aromatic rings. The highest BCUT2D eigenvalue weighted by Crippen LogP contribution is 2.16. The lowest BCUT2D eigenvalue weighted by atomic mass is 10.1. The van der Waals surface area contributed by atoms with Crippen molar-refractivity contribution in [1.29, 1.82) is 0 Å². The first-order valence-electron chi connectivity index (χ1n) is 5.82. The highest BCUT2D eigenvalue weighted by molar-refractivity contribution is 9.10. The summed E-state index contributed by atoms with van der Waals surface area (Å²) >= 11 is 3.41. The lowest BCUT2D eigenvalue weighted by Crippen LogP contribution is -2.33. The van der Waals surface area contributed by atoms with Crippen LogP contribution in [0.25, 0.3) is 0 Å². The molecule has 1 aromatic carbocycles. The summed E-state index contributed by atoms with van der Waals surface area (Å²) in [4.78, 5) is 24.9. The van der Waals surface area contributed by atoms with Gasteiger partial charge in [0.2, 0.25) is 11.8 Å². The molecule has 1 fully saturated rings. The van der Waals surface area contributed by atoms with E-state index in [1.807, 2.05) is 24.3 Å². The molecule has 0 saturated carbocycles. The van der Waals surface area contributed by atoms with E-state index in [-0.39, 0.29) is 17.7 Å². The van der Waals surface area contributed by atoms with Gasteiger partial charge in [-0.2, -0.15) is 0 Å². The third kappa shape index (κ3) is 3.10. The van der Waals surface area contributed by atoms with E-state index in [9.17, 15) is 9.59 Å². The van der Waals surface area contributed by atoms with Crippen LogP contribution < -0.4 is 5.32 Å². The van der Waals surface area contributed by atoms with Gasteiger partial charge in [0.25, 0.3) is 0 Å². The first kappa shape index (κ1) is 13.1. The molecule has 2 rings (SSSR count). The summed E-state index contributed by atoms with van der Waals surface area (Å²) in [6.07, 6.45) is 0.307. The molecule has 18 heavy (non-hydrogen) atoms. The van der Waals surface area contributed by atoms with Gasteiger partial charge >= 0.3 is 0 Å². The number of nitrogens with one attached hydrogen (secondary N) is 1. The topological polar surface area (TPSA) is 49.4 Å². The maximum atomic E-state index is 12.1. The largest absolute Gasteiger partial charge is 0.355 e. The maximum absolute atomic E-state index is 12.1. The van der Waals surface area contributed by atoms with Crippen LogP contribution in [0.4, 0.5) is 0 Å². The van der Waals surface area contributed by atoms with Crippen molar-refractivity contribution in [2.24, 2.45) is 5.92 Å². The van der Waals surface area contributed by atoms with Crippen LogP contribution in [-0.4, -0.2) is 30.3 Å². The Hall–Kier alpha value is -1.36. The van der Waals surface area contributed by atoms with Crippen LogP contribution >= 0.6 is 15.9 Å². The van der Waals surface area contributed by atoms with Crippen molar-refractivity contribution < 1.29 is 9.59 Å². The predicted molar refractivity (Wildman–Crippen MR) is 71.7 cm³/mol. The van der Waals surface area contributed by atoms with Gasteiger partial charge in [-0.25, -0.2) is 0 Å². The summed E-state index contributed by atoms with van der Waals surface area (Å²) in [5, 5.41) is 2.68. The summed E-state index contributed by atoms with van der Waals surface area (Å²) in [6, 6.07) is 7.86. The second-order valence-electron chi connectivity index (χ2n) is 4.53. The Bertz CT molecular complexity index is 476. The van der Waals surface area contributed by atoms with Crippen LogP contribution in [0.5, 0.6) is 0 Å². The van der Waals surface area contributed by atoms with Crippen LogP contribution in [0, 0.1) is 5.92 Å². The zero-order chi connectivity index (χ0) is 13.1. The highest BCUT2D eigenvalue weighted by Gasteiger charge is 2.29. The Morgan fingerprint density at radius 1 is 1.56 bits per heavy atom. The number of halogens is 1. The molecule has 1 atom stereocenters. The predicted octanol–water partition coefficient (Wildman–Crippen LogP) is 1.54. The molecule has 1 unspecified atom stereocenters. The van der Waals surface area contributed by atoms with E-state index >= 15 is 0 Å².